The molecule has 0 bridgehead atoms. The van der Waals surface area contributed by atoms with E-state index in [1.54, 1.807) is 0 Å². The van der Waals surface area contributed by atoms with Gasteiger partial charge in [0.1, 0.15) is 0 Å². The van der Waals surface area contributed by atoms with Gasteiger partial charge in [-0.15, -0.1) is 6.58 Å². The van der Waals surface area contributed by atoms with E-state index in [-0.39, 0.29) is 6.10 Å². The van der Waals surface area contributed by atoms with Crippen LogP contribution in [-0.2, 0) is 0 Å². The zero-order valence-corrected chi connectivity index (χ0v) is 11.1. The predicted octanol–water partition coefficient (Wildman–Crippen LogP) is 4.31. The van der Waals surface area contributed by atoms with Crippen molar-refractivity contribution in [2.45, 2.75) is 70.3 Å². The summed E-state index contributed by atoms with van der Waals surface area (Å²) < 4.78 is 0. The van der Waals surface area contributed by atoms with E-state index in [4.69, 9.17) is 0 Å². The Hall–Kier alpha value is -0.300. The minimum Gasteiger partial charge on any atom is -0.393 e. The molecular formula is C16H28O. The minimum absolute atomic E-state index is 0.0000175. The first-order chi connectivity index (χ1) is 8.31. The second-order valence-corrected chi connectivity index (χ2v) is 6.19. The lowest BCUT2D eigenvalue weighted by Gasteiger charge is -2.36. The van der Waals surface area contributed by atoms with Crippen LogP contribution in [0.5, 0.6) is 0 Å². The maximum Gasteiger partial charge on any atom is 0.0596 e. The average Bonchev–Trinajstić information content (AvgIpc) is 2.40. The summed E-state index contributed by atoms with van der Waals surface area (Å²) in [4.78, 5) is 0. The van der Waals surface area contributed by atoms with Crippen LogP contribution in [0.3, 0.4) is 0 Å². The van der Waals surface area contributed by atoms with Gasteiger partial charge >= 0.3 is 0 Å². The van der Waals surface area contributed by atoms with Crippen LogP contribution < -0.4 is 0 Å². The lowest BCUT2D eigenvalue weighted by Crippen LogP contribution is -2.33. The molecule has 2 rings (SSSR count). The highest BCUT2D eigenvalue weighted by atomic mass is 16.3. The van der Waals surface area contributed by atoms with Gasteiger partial charge in [-0.2, -0.15) is 0 Å². The third-order valence-electron chi connectivity index (χ3n) is 5.01. The molecule has 1 heteroatoms. The third kappa shape index (κ3) is 3.58. The van der Waals surface area contributed by atoms with Gasteiger partial charge in [0.05, 0.1) is 6.10 Å². The fourth-order valence-corrected chi connectivity index (χ4v) is 3.86. The smallest absolute Gasteiger partial charge is 0.0596 e. The SMILES string of the molecule is C=CCC1CCC(C(O)C2CCCCC2)CC1. The zero-order chi connectivity index (χ0) is 12.1. The van der Waals surface area contributed by atoms with Crippen molar-refractivity contribution in [3.63, 3.8) is 0 Å². The molecule has 2 aliphatic rings. The molecule has 2 fully saturated rings. The van der Waals surface area contributed by atoms with Crippen LogP contribution in [0.4, 0.5) is 0 Å². The van der Waals surface area contributed by atoms with Crippen molar-refractivity contribution < 1.29 is 5.11 Å². The van der Waals surface area contributed by atoms with Crippen molar-refractivity contribution in [3.8, 4) is 0 Å². The number of aliphatic hydroxyl groups excluding tert-OH is 1. The first kappa shape index (κ1) is 13.1. The molecule has 0 saturated heterocycles. The summed E-state index contributed by atoms with van der Waals surface area (Å²) >= 11 is 0. The Balaban J connectivity index is 1.76. The Labute approximate surface area is 106 Å². The van der Waals surface area contributed by atoms with Gasteiger partial charge in [-0.3, -0.25) is 0 Å². The van der Waals surface area contributed by atoms with Crippen molar-refractivity contribution in [2.75, 3.05) is 0 Å². The summed E-state index contributed by atoms with van der Waals surface area (Å²) in [5.41, 5.74) is 0. The molecule has 1 atom stereocenters. The number of allylic oxidation sites excluding steroid dienone is 1. The molecule has 2 aliphatic carbocycles. The van der Waals surface area contributed by atoms with E-state index in [1.807, 2.05) is 0 Å². The normalized spacial score (nSPS) is 33.2. The van der Waals surface area contributed by atoms with Gasteiger partial charge in [0.15, 0.2) is 0 Å². The summed E-state index contributed by atoms with van der Waals surface area (Å²) in [6, 6.07) is 0. The highest BCUT2D eigenvalue weighted by Gasteiger charge is 2.31. The second kappa shape index (κ2) is 6.58. The van der Waals surface area contributed by atoms with Gasteiger partial charge < -0.3 is 5.11 Å². The van der Waals surface area contributed by atoms with Gasteiger partial charge in [0.2, 0.25) is 0 Å². The van der Waals surface area contributed by atoms with Gasteiger partial charge in [-0.25, -0.2) is 0 Å². The first-order valence-corrected chi connectivity index (χ1v) is 7.60. The molecule has 1 N–H and O–H groups in total. The number of hydrogen-bond donors (Lipinski definition) is 1. The Bertz CT molecular complexity index is 222. The maximum absolute atomic E-state index is 10.5. The zero-order valence-electron chi connectivity index (χ0n) is 11.1. The molecule has 2 saturated carbocycles. The van der Waals surface area contributed by atoms with Crippen molar-refractivity contribution in [1.82, 2.24) is 0 Å². The molecule has 0 aromatic heterocycles. The summed E-state index contributed by atoms with van der Waals surface area (Å²) in [7, 11) is 0. The average molecular weight is 236 g/mol. The van der Waals surface area contributed by atoms with Gasteiger partial charge in [-0.1, -0.05) is 25.3 Å². The molecule has 1 unspecified atom stereocenters. The summed E-state index contributed by atoms with van der Waals surface area (Å²) in [6.45, 7) is 3.83. The quantitative estimate of drug-likeness (QED) is 0.721. The molecule has 0 radical (unpaired) electrons. The largest absolute Gasteiger partial charge is 0.393 e. The standard InChI is InChI=1S/C16H28O/c1-2-6-13-9-11-15(12-10-13)16(17)14-7-4-3-5-8-14/h2,13-17H,1,3-12H2. The Morgan fingerprint density at radius 1 is 0.941 bits per heavy atom. The Morgan fingerprint density at radius 2 is 1.53 bits per heavy atom. The Morgan fingerprint density at radius 3 is 2.12 bits per heavy atom. The van der Waals surface area contributed by atoms with E-state index in [2.05, 4.69) is 12.7 Å². The van der Waals surface area contributed by atoms with Crippen molar-refractivity contribution >= 4 is 0 Å². The van der Waals surface area contributed by atoms with Crippen LogP contribution in [0, 0.1) is 17.8 Å². The summed E-state index contributed by atoms with van der Waals surface area (Å²) in [5, 5.41) is 10.5. The van der Waals surface area contributed by atoms with Crippen LogP contribution in [0.1, 0.15) is 64.2 Å². The number of rotatable bonds is 4. The van der Waals surface area contributed by atoms with Crippen molar-refractivity contribution in [3.05, 3.63) is 12.7 Å². The molecule has 0 aromatic carbocycles. The summed E-state index contributed by atoms with van der Waals surface area (Å²) in [5.74, 6) is 2.06. The summed E-state index contributed by atoms with van der Waals surface area (Å²) in [6.07, 6.45) is 14.9. The predicted molar refractivity (Wildman–Crippen MR) is 72.8 cm³/mol. The van der Waals surface area contributed by atoms with E-state index >= 15 is 0 Å². The lowest BCUT2D eigenvalue weighted by molar-refractivity contribution is 0.0124. The molecule has 0 spiro atoms. The highest BCUT2D eigenvalue weighted by Crippen LogP contribution is 2.38. The van der Waals surface area contributed by atoms with Crippen LogP contribution in [-0.4, -0.2) is 11.2 Å². The molecule has 98 valence electrons. The third-order valence-corrected chi connectivity index (χ3v) is 5.01. The van der Waals surface area contributed by atoms with Crippen molar-refractivity contribution in [2.24, 2.45) is 17.8 Å². The number of aliphatic hydroxyl groups is 1. The molecule has 0 heterocycles. The molecule has 1 nitrogen and oxygen atoms in total. The van der Waals surface area contributed by atoms with Crippen LogP contribution >= 0.6 is 0 Å². The van der Waals surface area contributed by atoms with E-state index < -0.39 is 0 Å². The van der Waals surface area contributed by atoms with E-state index in [1.165, 1.54) is 64.2 Å². The first-order valence-electron chi connectivity index (χ1n) is 7.60. The fraction of sp³-hybridized carbons (Fsp3) is 0.875. The number of hydrogen-bond acceptors (Lipinski definition) is 1. The monoisotopic (exact) mass is 236 g/mol. The molecule has 17 heavy (non-hydrogen) atoms. The fourth-order valence-electron chi connectivity index (χ4n) is 3.86. The second-order valence-electron chi connectivity index (χ2n) is 6.19. The van der Waals surface area contributed by atoms with E-state index in [0.717, 1.165) is 5.92 Å². The van der Waals surface area contributed by atoms with Gasteiger partial charge in [-0.05, 0) is 62.7 Å². The molecule has 0 aromatic rings. The Kier molecular flexibility index (Phi) is 5.09. The highest BCUT2D eigenvalue weighted by molar-refractivity contribution is 4.85. The van der Waals surface area contributed by atoms with E-state index in [9.17, 15) is 5.11 Å². The van der Waals surface area contributed by atoms with Crippen LogP contribution in [0.15, 0.2) is 12.7 Å². The van der Waals surface area contributed by atoms with Crippen LogP contribution in [0.25, 0.3) is 0 Å². The van der Waals surface area contributed by atoms with Crippen molar-refractivity contribution in [1.29, 1.82) is 0 Å². The van der Waals surface area contributed by atoms with Crippen LogP contribution in [0.2, 0.25) is 0 Å². The van der Waals surface area contributed by atoms with Gasteiger partial charge in [0, 0.05) is 0 Å². The molecule has 0 amide bonds. The molecular weight excluding hydrogens is 208 g/mol. The minimum atomic E-state index is -0.0000175. The molecule has 0 aliphatic heterocycles. The maximum atomic E-state index is 10.5. The topological polar surface area (TPSA) is 20.2 Å². The van der Waals surface area contributed by atoms with Gasteiger partial charge in [0.25, 0.3) is 0 Å². The lowest BCUT2D eigenvalue weighted by atomic mass is 9.72. The van der Waals surface area contributed by atoms with E-state index in [0.29, 0.717) is 11.8 Å².